The summed E-state index contributed by atoms with van der Waals surface area (Å²) >= 11 is 11.4. The fourth-order valence-corrected chi connectivity index (χ4v) is 1.55. The van der Waals surface area contributed by atoms with E-state index in [1.165, 1.54) is 25.1 Å². The molecule has 0 aliphatic heterocycles. The number of carboxylic acids is 1. The predicted octanol–water partition coefficient (Wildman–Crippen LogP) is 2.20. The van der Waals surface area contributed by atoms with Gasteiger partial charge in [0.2, 0.25) is 0 Å². The molecular formula is C10H9Cl2NO3. The number of halogens is 2. The van der Waals surface area contributed by atoms with Crippen LogP contribution in [0.2, 0.25) is 10.0 Å². The SMILES string of the molecule is C[C@H](NC(=O)c1cc(Cl)cc(Cl)c1)C(=O)O. The van der Waals surface area contributed by atoms with E-state index < -0.39 is 17.9 Å². The number of carboxylic acid groups (broad SMARTS) is 1. The van der Waals surface area contributed by atoms with Crippen LogP contribution in [-0.2, 0) is 4.79 Å². The maximum atomic E-state index is 11.6. The van der Waals surface area contributed by atoms with Crippen molar-refractivity contribution in [3.05, 3.63) is 33.8 Å². The van der Waals surface area contributed by atoms with Crippen molar-refractivity contribution in [2.24, 2.45) is 0 Å². The van der Waals surface area contributed by atoms with Crippen LogP contribution in [-0.4, -0.2) is 23.0 Å². The van der Waals surface area contributed by atoms with E-state index in [0.29, 0.717) is 10.0 Å². The zero-order valence-electron chi connectivity index (χ0n) is 8.33. The second-order valence-electron chi connectivity index (χ2n) is 3.19. The minimum Gasteiger partial charge on any atom is -0.480 e. The molecule has 86 valence electrons. The number of hydrogen-bond acceptors (Lipinski definition) is 2. The number of amides is 1. The van der Waals surface area contributed by atoms with Crippen molar-refractivity contribution >= 4 is 35.1 Å². The lowest BCUT2D eigenvalue weighted by Gasteiger charge is -2.09. The zero-order valence-corrected chi connectivity index (χ0v) is 9.84. The fourth-order valence-electron chi connectivity index (χ4n) is 1.03. The average molecular weight is 262 g/mol. The number of benzene rings is 1. The molecule has 1 rings (SSSR count). The molecule has 0 bridgehead atoms. The first-order valence-electron chi connectivity index (χ1n) is 4.40. The highest BCUT2D eigenvalue weighted by Gasteiger charge is 2.15. The van der Waals surface area contributed by atoms with Crippen molar-refractivity contribution < 1.29 is 14.7 Å². The molecule has 16 heavy (non-hydrogen) atoms. The molecule has 0 heterocycles. The van der Waals surface area contributed by atoms with Gasteiger partial charge in [0.25, 0.3) is 5.91 Å². The van der Waals surface area contributed by atoms with Crippen molar-refractivity contribution in [1.29, 1.82) is 0 Å². The zero-order chi connectivity index (χ0) is 12.3. The van der Waals surface area contributed by atoms with E-state index in [9.17, 15) is 9.59 Å². The first-order valence-corrected chi connectivity index (χ1v) is 5.15. The minimum absolute atomic E-state index is 0.227. The summed E-state index contributed by atoms with van der Waals surface area (Å²) in [5.41, 5.74) is 0.227. The summed E-state index contributed by atoms with van der Waals surface area (Å²) in [4.78, 5) is 22.1. The molecule has 1 amide bonds. The van der Waals surface area contributed by atoms with Crippen LogP contribution in [0.1, 0.15) is 17.3 Å². The summed E-state index contributed by atoms with van der Waals surface area (Å²) in [7, 11) is 0. The molecule has 1 aromatic rings. The van der Waals surface area contributed by atoms with Gasteiger partial charge in [-0.05, 0) is 25.1 Å². The molecule has 0 saturated carbocycles. The molecule has 0 radical (unpaired) electrons. The highest BCUT2D eigenvalue weighted by Crippen LogP contribution is 2.18. The second-order valence-corrected chi connectivity index (χ2v) is 4.06. The summed E-state index contributed by atoms with van der Waals surface area (Å²) < 4.78 is 0. The molecule has 1 aromatic carbocycles. The molecule has 0 fully saturated rings. The summed E-state index contributed by atoms with van der Waals surface area (Å²) in [5.74, 6) is -1.64. The Morgan fingerprint density at radius 3 is 2.19 bits per heavy atom. The Labute approximate surface area is 102 Å². The van der Waals surface area contributed by atoms with Crippen molar-refractivity contribution in [1.82, 2.24) is 5.32 Å². The summed E-state index contributed by atoms with van der Waals surface area (Å²) in [6.07, 6.45) is 0. The van der Waals surface area contributed by atoms with Crippen LogP contribution in [0, 0.1) is 0 Å². The van der Waals surface area contributed by atoms with Crippen molar-refractivity contribution in [2.45, 2.75) is 13.0 Å². The number of aliphatic carboxylic acids is 1. The molecule has 0 aromatic heterocycles. The third-order valence-electron chi connectivity index (χ3n) is 1.84. The number of hydrogen-bond donors (Lipinski definition) is 2. The third-order valence-corrected chi connectivity index (χ3v) is 2.28. The highest BCUT2D eigenvalue weighted by molar-refractivity contribution is 6.35. The Balaban J connectivity index is 2.84. The molecule has 2 N–H and O–H groups in total. The number of carbonyl (C=O) groups is 2. The number of rotatable bonds is 3. The standard InChI is InChI=1S/C10H9Cl2NO3/c1-5(10(15)16)13-9(14)6-2-7(11)4-8(12)3-6/h2-5H,1H3,(H,13,14)(H,15,16)/t5-/m0/s1. The van der Waals surface area contributed by atoms with Crippen LogP contribution >= 0.6 is 23.2 Å². The monoisotopic (exact) mass is 261 g/mol. The van der Waals surface area contributed by atoms with Crippen LogP contribution in [0.25, 0.3) is 0 Å². The van der Waals surface area contributed by atoms with Gasteiger partial charge in [-0.25, -0.2) is 0 Å². The van der Waals surface area contributed by atoms with Gasteiger partial charge < -0.3 is 10.4 Å². The Morgan fingerprint density at radius 1 is 1.25 bits per heavy atom. The number of nitrogens with one attached hydrogen (secondary N) is 1. The lowest BCUT2D eigenvalue weighted by Crippen LogP contribution is -2.38. The first kappa shape index (κ1) is 12.8. The van der Waals surface area contributed by atoms with Gasteiger partial charge in [0.1, 0.15) is 6.04 Å². The predicted molar refractivity (Wildman–Crippen MR) is 61.0 cm³/mol. The van der Waals surface area contributed by atoms with E-state index in [1.54, 1.807) is 0 Å². The van der Waals surface area contributed by atoms with E-state index in [1.807, 2.05) is 0 Å². The lowest BCUT2D eigenvalue weighted by atomic mass is 10.2. The van der Waals surface area contributed by atoms with Gasteiger partial charge in [-0.1, -0.05) is 23.2 Å². The summed E-state index contributed by atoms with van der Waals surface area (Å²) in [6.45, 7) is 1.37. The summed E-state index contributed by atoms with van der Waals surface area (Å²) in [6, 6.07) is 3.35. The molecule has 0 aliphatic carbocycles. The minimum atomic E-state index is -1.11. The molecule has 0 unspecified atom stereocenters. The summed E-state index contributed by atoms with van der Waals surface area (Å²) in [5, 5.41) is 11.6. The van der Waals surface area contributed by atoms with Crippen molar-refractivity contribution in [2.75, 3.05) is 0 Å². The van der Waals surface area contributed by atoms with Crippen LogP contribution in [0.5, 0.6) is 0 Å². The van der Waals surface area contributed by atoms with Crippen molar-refractivity contribution in [3.8, 4) is 0 Å². The first-order chi connectivity index (χ1) is 7.40. The molecule has 4 nitrogen and oxygen atoms in total. The van der Waals surface area contributed by atoms with Gasteiger partial charge in [0.05, 0.1) is 0 Å². The second kappa shape index (κ2) is 5.18. The van der Waals surface area contributed by atoms with Gasteiger partial charge in [-0.3, -0.25) is 9.59 Å². The largest absolute Gasteiger partial charge is 0.480 e. The Morgan fingerprint density at radius 2 is 1.75 bits per heavy atom. The van der Waals surface area contributed by atoms with Gasteiger partial charge in [0.15, 0.2) is 0 Å². The van der Waals surface area contributed by atoms with Gasteiger partial charge in [0, 0.05) is 15.6 Å². The van der Waals surface area contributed by atoms with E-state index in [2.05, 4.69) is 5.32 Å². The molecule has 0 aliphatic rings. The Bertz CT molecular complexity index is 414. The average Bonchev–Trinajstić information content (AvgIpc) is 2.15. The highest BCUT2D eigenvalue weighted by atomic mass is 35.5. The molecular weight excluding hydrogens is 253 g/mol. The van der Waals surface area contributed by atoms with E-state index in [4.69, 9.17) is 28.3 Å². The molecule has 6 heteroatoms. The Hall–Kier alpha value is -1.26. The van der Waals surface area contributed by atoms with Gasteiger partial charge >= 0.3 is 5.97 Å². The van der Waals surface area contributed by atoms with E-state index in [-0.39, 0.29) is 5.56 Å². The molecule has 1 atom stereocenters. The van der Waals surface area contributed by atoms with E-state index in [0.717, 1.165) is 0 Å². The van der Waals surface area contributed by atoms with Crippen LogP contribution in [0.4, 0.5) is 0 Å². The van der Waals surface area contributed by atoms with Crippen LogP contribution in [0.15, 0.2) is 18.2 Å². The maximum absolute atomic E-state index is 11.6. The topological polar surface area (TPSA) is 66.4 Å². The quantitative estimate of drug-likeness (QED) is 0.877. The van der Waals surface area contributed by atoms with E-state index >= 15 is 0 Å². The Kier molecular flexibility index (Phi) is 4.15. The van der Waals surface area contributed by atoms with Gasteiger partial charge in [-0.15, -0.1) is 0 Å². The normalized spacial score (nSPS) is 11.9. The fraction of sp³-hybridized carbons (Fsp3) is 0.200. The lowest BCUT2D eigenvalue weighted by molar-refractivity contribution is -0.138. The number of carbonyl (C=O) groups excluding carboxylic acids is 1. The molecule has 0 spiro atoms. The van der Waals surface area contributed by atoms with Gasteiger partial charge in [-0.2, -0.15) is 0 Å². The van der Waals surface area contributed by atoms with Crippen LogP contribution < -0.4 is 5.32 Å². The molecule has 0 saturated heterocycles. The maximum Gasteiger partial charge on any atom is 0.325 e. The third kappa shape index (κ3) is 3.40. The van der Waals surface area contributed by atoms with Crippen LogP contribution in [0.3, 0.4) is 0 Å². The smallest absolute Gasteiger partial charge is 0.325 e. The van der Waals surface area contributed by atoms with Crippen molar-refractivity contribution in [3.63, 3.8) is 0 Å².